The Bertz CT molecular complexity index is 147. The first-order chi connectivity index (χ1) is 5.24. The quantitative estimate of drug-likeness (QED) is 0.552. The van der Waals surface area contributed by atoms with Crippen LogP contribution in [0.1, 0.15) is 20.3 Å². The summed E-state index contributed by atoms with van der Waals surface area (Å²) in [4.78, 5) is 15.1. The van der Waals surface area contributed by atoms with Gasteiger partial charge in [0, 0.05) is 20.0 Å². The second-order valence-corrected chi connectivity index (χ2v) is 2.99. The molecule has 0 N–H and O–H groups in total. The summed E-state index contributed by atoms with van der Waals surface area (Å²) in [5, 5.41) is 0. The molecule has 0 spiro atoms. The van der Waals surface area contributed by atoms with Gasteiger partial charge < -0.3 is 4.90 Å². The van der Waals surface area contributed by atoms with Gasteiger partial charge in [-0.2, -0.15) is 0 Å². The molecule has 1 aliphatic rings. The predicted molar refractivity (Wildman–Crippen MR) is 44.1 cm³/mol. The van der Waals surface area contributed by atoms with E-state index < -0.39 is 0 Å². The molecule has 0 saturated carbocycles. The molecule has 0 bridgehead atoms. The molecule has 0 unspecified atom stereocenters. The van der Waals surface area contributed by atoms with E-state index in [1.165, 1.54) is 0 Å². The summed E-state index contributed by atoms with van der Waals surface area (Å²) in [6.07, 6.45) is 1.12. The first kappa shape index (κ1) is 8.53. The standard InChI is InChI=1S/C8H16N2O/c1-3-9-5-4-6-10(7-9)8(2)11/h3-7H2,1-2H3. The average molecular weight is 156 g/mol. The van der Waals surface area contributed by atoms with Crippen LogP contribution in [-0.4, -0.2) is 42.0 Å². The lowest BCUT2D eigenvalue weighted by molar-refractivity contribution is -0.132. The normalized spacial score (nSPS) is 20.4. The molecule has 0 aromatic rings. The topological polar surface area (TPSA) is 23.6 Å². The summed E-state index contributed by atoms with van der Waals surface area (Å²) in [6, 6.07) is 0. The van der Waals surface area contributed by atoms with Crippen molar-refractivity contribution in [2.75, 3.05) is 26.3 Å². The Hall–Kier alpha value is -0.570. The number of hydrogen-bond acceptors (Lipinski definition) is 2. The second kappa shape index (κ2) is 3.72. The largest absolute Gasteiger partial charge is 0.330 e. The third-order valence-electron chi connectivity index (χ3n) is 2.17. The molecule has 64 valence electrons. The maximum Gasteiger partial charge on any atom is 0.220 e. The summed E-state index contributed by atoms with van der Waals surface area (Å²) in [5.74, 6) is 0.197. The van der Waals surface area contributed by atoms with Gasteiger partial charge >= 0.3 is 0 Å². The molecule has 3 heteroatoms. The molecule has 11 heavy (non-hydrogen) atoms. The van der Waals surface area contributed by atoms with E-state index in [1.54, 1.807) is 6.92 Å². The highest BCUT2D eigenvalue weighted by atomic mass is 16.2. The first-order valence-electron chi connectivity index (χ1n) is 4.22. The van der Waals surface area contributed by atoms with Crippen molar-refractivity contribution in [3.8, 4) is 0 Å². The Morgan fingerprint density at radius 3 is 2.73 bits per heavy atom. The van der Waals surface area contributed by atoms with Crippen LogP contribution in [0.4, 0.5) is 0 Å². The molecule has 0 aromatic carbocycles. The number of carbonyl (C=O) groups is 1. The fraction of sp³-hybridized carbons (Fsp3) is 0.875. The monoisotopic (exact) mass is 156 g/mol. The van der Waals surface area contributed by atoms with Crippen LogP contribution in [0.2, 0.25) is 0 Å². The second-order valence-electron chi connectivity index (χ2n) is 2.99. The van der Waals surface area contributed by atoms with E-state index in [-0.39, 0.29) is 5.91 Å². The molecule has 1 heterocycles. The van der Waals surface area contributed by atoms with E-state index in [0.717, 1.165) is 32.7 Å². The molecule has 1 aliphatic heterocycles. The van der Waals surface area contributed by atoms with E-state index in [0.29, 0.717) is 0 Å². The summed E-state index contributed by atoms with van der Waals surface area (Å²) >= 11 is 0. The Balaban J connectivity index is 2.39. The van der Waals surface area contributed by atoms with E-state index in [9.17, 15) is 4.79 Å². The van der Waals surface area contributed by atoms with Crippen molar-refractivity contribution in [1.29, 1.82) is 0 Å². The molecule has 0 atom stereocenters. The van der Waals surface area contributed by atoms with Crippen molar-refractivity contribution in [2.45, 2.75) is 20.3 Å². The molecule has 1 rings (SSSR count). The van der Waals surface area contributed by atoms with Crippen LogP contribution in [-0.2, 0) is 4.79 Å². The van der Waals surface area contributed by atoms with E-state index in [2.05, 4.69) is 11.8 Å². The van der Waals surface area contributed by atoms with Gasteiger partial charge in [-0.05, 0) is 13.0 Å². The summed E-state index contributed by atoms with van der Waals surface area (Å²) in [5.41, 5.74) is 0. The van der Waals surface area contributed by atoms with Gasteiger partial charge in [-0.25, -0.2) is 0 Å². The van der Waals surface area contributed by atoms with Crippen molar-refractivity contribution in [3.63, 3.8) is 0 Å². The lowest BCUT2D eigenvalue weighted by atomic mass is 10.3. The van der Waals surface area contributed by atoms with Crippen LogP contribution in [0.3, 0.4) is 0 Å². The van der Waals surface area contributed by atoms with Crippen molar-refractivity contribution in [2.24, 2.45) is 0 Å². The molecule has 0 aromatic heterocycles. The molecule has 1 fully saturated rings. The fourth-order valence-corrected chi connectivity index (χ4v) is 1.38. The smallest absolute Gasteiger partial charge is 0.220 e. The van der Waals surface area contributed by atoms with Gasteiger partial charge in [0.05, 0.1) is 6.67 Å². The Labute approximate surface area is 68.0 Å². The number of nitrogens with zero attached hydrogens (tertiary/aromatic N) is 2. The third-order valence-corrected chi connectivity index (χ3v) is 2.17. The molecule has 3 nitrogen and oxygen atoms in total. The highest BCUT2D eigenvalue weighted by Gasteiger charge is 2.16. The van der Waals surface area contributed by atoms with Gasteiger partial charge in [0.25, 0.3) is 0 Å². The first-order valence-corrected chi connectivity index (χ1v) is 4.22. The molecule has 1 amide bonds. The minimum Gasteiger partial charge on any atom is -0.330 e. The zero-order valence-electron chi connectivity index (χ0n) is 7.34. The van der Waals surface area contributed by atoms with E-state index in [1.807, 2.05) is 4.90 Å². The van der Waals surface area contributed by atoms with Crippen molar-refractivity contribution >= 4 is 5.91 Å². The van der Waals surface area contributed by atoms with Crippen molar-refractivity contribution < 1.29 is 4.79 Å². The minimum absolute atomic E-state index is 0.197. The predicted octanol–water partition coefficient (Wildman–Crippen LogP) is 0.518. The van der Waals surface area contributed by atoms with Gasteiger partial charge in [0.15, 0.2) is 0 Å². The van der Waals surface area contributed by atoms with E-state index >= 15 is 0 Å². The Morgan fingerprint density at radius 2 is 2.18 bits per heavy atom. The highest BCUT2D eigenvalue weighted by Crippen LogP contribution is 2.04. The number of rotatable bonds is 1. The van der Waals surface area contributed by atoms with Crippen LogP contribution in [0.5, 0.6) is 0 Å². The van der Waals surface area contributed by atoms with Gasteiger partial charge in [-0.1, -0.05) is 6.92 Å². The minimum atomic E-state index is 0.197. The van der Waals surface area contributed by atoms with Crippen LogP contribution < -0.4 is 0 Å². The van der Waals surface area contributed by atoms with Crippen LogP contribution in [0.15, 0.2) is 0 Å². The summed E-state index contributed by atoms with van der Waals surface area (Å²) < 4.78 is 0. The van der Waals surface area contributed by atoms with Crippen LogP contribution in [0, 0.1) is 0 Å². The third kappa shape index (κ3) is 2.19. The number of amides is 1. The van der Waals surface area contributed by atoms with Gasteiger partial charge in [-0.15, -0.1) is 0 Å². The van der Waals surface area contributed by atoms with Gasteiger partial charge in [0.2, 0.25) is 5.91 Å². The molecule has 0 radical (unpaired) electrons. The molecular weight excluding hydrogens is 140 g/mol. The van der Waals surface area contributed by atoms with E-state index in [4.69, 9.17) is 0 Å². The fourth-order valence-electron chi connectivity index (χ4n) is 1.38. The van der Waals surface area contributed by atoms with Crippen LogP contribution >= 0.6 is 0 Å². The van der Waals surface area contributed by atoms with Gasteiger partial charge in [0.1, 0.15) is 0 Å². The summed E-state index contributed by atoms with van der Waals surface area (Å²) in [6.45, 7) is 7.71. The zero-order valence-corrected chi connectivity index (χ0v) is 7.34. The average Bonchev–Trinajstić information content (AvgIpc) is 2.05. The Morgan fingerprint density at radius 1 is 1.45 bits per heavy atom. The Kier molecular flexibility index (Phi) is 2.88. The summed E-state index contributed by atoms with van der Waals surface area (Å²) in [7, 11) is 0. The van der Waals surface area contributed by atoms with Crippen molar-refractivity contribution in [3.05, 3.63) is 0 Å². The zero-order chi connectivity index (χ0) is 8.27. The lowest BCUT2D eigenvalue weighted by Gasteiger charge is -2.34. The maximum absolute atomic E-state index is 11.0. The molecule has 0 aliphatic carbocycles. The molecular formula is C8H16N2O. The number of carbonyl (C=O) groups excluding carboxylic acids is 1. The highest BCUT2D eigenvalue weighted by molar-refractivity contribution is 5.73. The molecule has 1 saturated heterocycles. The maximum atomic E-state index is 11.0. The van der Waals surface area contributed by atoms with Crippen LogP contribution in [0.25, 0.3) is 0 Å². The SMILES string of the molecule is CCN1CCCN(C(C)=O)C1. The van der Waals surface area contributed by atoms with Gasteiger partial charge in [-0.3, -0.25) is 9.69 Å². The number of hydrogen-bond donors (Lipinski definition) is 0. The lowest BCUT2D eigenvalue weighted by Crippen LogP contribution is -2.46. The van der Waals surface area contributed by atoms with Crippen molar-refractivity contribution in [1.82, 2.24) is 9.80 Å².